The third-order valence-corrected chi connectivity index (χ3v) is 1.39. The summed E-state index contributed by atoms with van der Waals surface area (Å²) in [7, 11) is 1.56. The van der Waals surface area contributed by atoms with Gasteiger partial charge in [0.25, 0.3) is 0 Å². The van der Waals surface area contributed by atoms with E-state index in [9.17, 15) is 13.2 Å². The van der Waals surface area contributed by atoms with E-state index in [2.05, 4.69) is 10.1 Å². The lowest BCUT2D eigenvalue weighted by molar-refractivity contribution is -0.0499. The highest BCUT2D eigenvalue weighted by atomic mass is 19.3. The maximum absolute atomic E-state index is 12.7. The van der Waals surface area contributed by atoms with Gasteiger partial charge in [-0.2, -0.15) is 8.78 Å². The van der Waals surface area contributed by atoms with Gasteiger partial charge in [0.1, 0.15) is 11.6 Å². The summed E-state index contributed by atoms with van der Waals surface area (Å²) in [6.07, 6.45) is 0. The standard InChI is InChI=1S/C8H8F3NO/c1-12-6-2-5(9)3-7(4-6)13-8(10)11/h2-4,8,12H,1H3. The first-order valence-electron chi connectivity index (χ1n) is 3.55. The molecule has 0 aliphatic carbocycles. The Morgan fingerprint density at radius 2 is 2.00 bits per heavy atom. The Hall–Kier alpha value is -1.39. The fourth-order valence-corrected chi connectivity index (χ4v) is 0.878. The van der Waals surface area contributed by atoms with Crippen LogP contribution < -0.4 is 10.1 Å². The molecule has 0 spiro atoms. The second kappa shape index (κ2) is 4.02. The third kappa shape index (κ3) is 2.85. The van der Waals surface area contributed by atoms with Crippen LogP contribution in [0.15, 0.2) is 18.2 Å². The van der Waals surface area contributed by atoms with Crippen molar-refractivity contribution in [3.8, 4) is 5.75 Å². The summed E-state index contributed by atoms with van der Waals surface area (Å²) in [5, 5.41) is 2.62. The normalized spacial score (nSPS) is 10.2. The Kier molecular flexibility index (Phi) is 3.00. The smallest absolute Gasteiger partial charge is 0.387 e. The quantitative estimate of drug-likeness (QED) is 0.792. The van der Waals surface area contributed by atoms with Crippen LogP contribution in [0.1, 0.15) is 0 Å². The summed E-state index contributed by atoms with van der Waals surface area (Å²) < 4.78 is 40.2. The van der Waals surface area contributed by atoms with Crippen LogP contribution in [0.3, 0.4) is 0 Å². The van der Waals surface area contributed by atoms with Gasteiger partial charge in [0, 0.05) is 24.9 Å². The summed E-state index contributed by atoms with van der Waals surface area (Å²) in [6.45, 7) is -2.94. The van der Waals surface area contributed by atoms with Crippen molar-refractivity contribution in [2.45, 2.75) is 6.61 Å². The first-order valence-corrected chi connectivity index (χ1v) is 3.55. The number of anilines is 1. The van der Waals surface area contributed by atoms with Crippen LogP contribution in [0.5, 0.6) is 5.75 Å². The van der Waals surface area contributed by atoms with Crippen molar-refractivity contribution < 1.29 is 17.9 Å². The zero-order chi connectivity index (χ0) is 9.84. The topological polar surface area (TPSA) is 21.3 Å². The Bertz CT molecular complexity index is 291. The van der Waals surface area contributed by atoms with Crippen molar-refractivity contribution in [2.24, 2.45) is 0 Å². The first-order chi connectivity index (χ1) is 6.11. The van der Waals surface area contributed by atoms with Crippen molar-refractivity contribution in [1.29, 1.82) is 0 Å². The molecule has 0 radical (unpaired) electrons. The van der Waals surface area contributed by atoms with Crippen LogP contribution in [-0.2, 0) is 0 Å². The van der Waals surface area contributed by atoms with Gasteiger partial charge in [0.15, 0.2) is 0 Å². The lowest BCUT2D eigenvalue weighted by atomic mass is 10.3. The van der Waals surface area contributed by atoms with E-state index in [0.29, 0.717) is 5.69 Å². The van der Waals surface area contributed by atoms with Crippen molar-refractivity contribution in [3.05, 3.63) is 24.0 Å². The molecule has 0 heterocycles. The van der Waals surface area contributed by atoms with E-state index < -0.39 is 12.4 Å². The van der Waals surface area contributed by atoms with Crippen LogP contribution in [0, 0.1) is 5.82 Å². The number of ether oxygens (including phenoxy) is 1. The van der Waals surface area contributed by atoms with Crippen molar-refractivity contribution in [1.82, 2.24) is 0 Å². The van der Waals surface area contributed by atoms with E-state index in [-0.39, 0.29) is 5.75 Å². The molecule has 5 heteroatoms. The highest BCUT2D eigenvalue weighted by molar-refractivity contribution is 5.48. The number of benzene rings is 1. The number of rotatable bonds is 3. The Morgan fingerprint density at radius 3 is 2.54 bits per heavy atom. The molecule has 0 fully saturated rings. The number of nitrogens with one attached hydrogen (secondary N) is 1. The fourth-order valence-electron chi connectivity index (χ4n) is 0.878. The highest BCUT2D eigenvalue weighted by Crippen LogP contribution is 2.21. The van der Waals surface area contributed by atoms with Gasteiger partial charge >= 0.3 is 6.61 Å². The fraction of sp³-hybridized carbons (Fsp3) is 0.250. The summed E-state index contributed by atoms with van der Waals surface area (Å²) >= 11 is 0. The lowest BCUT2D eigenvalue weighted by Gasteiger charge is -2.06. The Morgan fingerprint density at radius 1 is 1.31 bits per heavy atom. The Balaban J connectivity index is 2.88. The van der Waals surface area contributed by atoms with Gasteiger partial charge in [-0.3, -0.25) is 0 Å². The monoisotopic (exact) mass is 191 g/mol. The summed E-state index contributed by atoms with van der Waals surface area (Å²) in [5.41, 5.74) is 0.385. The molecule has 0 aliphatic heterocycles. The molecule has 0 aliphatic rings. The molecule has 0 unspecified atom stereocenters. The minimum Gasteiger partial charge on any atom is -0.435 e. The maximum Gasteiger partial charge on any atom is 0.387 e. The van der Waals surface area contributed by atoms with Gasteiger partial charge < -0.3 is 10.1 Å². The largest absolute Gasteiger partial charge is 0.435 e. The third-order valence-electron chi connectivity index (χ3n) is 1.39. The number of hydrogen-bond donors (Lipinski definition) is 1. The van der Waals surface area contributed by atoms with E-state index in [0.717, 1.165) is 6.07 Å². The van der Waals surface area contributed by atoms with Crippen molar-refractivity contribution in [3.63, 3.8) is 0 Å². The Labute approximate surface area is 73.3 Å². The van der Waals surface area contributed by atoms with E-state index in [1.54, 1.807) is 7.05 Å². The number of hydrogen-bond acceptors (Lipinski definition) is 2. The van der Waals surface area contributed by atoms with E-state index in [1.165, 1.54) is 12.1 Å². The first kappa shape index (κ1) is 9.70. The molecule has 0 bridgehead atoms. The average Bonchev–Trinajstić information content (AvgIpc) is 2.01. The number of alkyl halides is 2. The molecule has 0 atom stereocenters. The van der Waals surface area contributed by atoms with Gasteiger partial charge in [-0.25, -0.2) is 4.39 Å². The zero-order valence-electron chi connectivity index (χ0n) is 6.85. The van der Waals surface area contributed by atoms with Crippen LogP contribution in [-0.4, -0.2) is 13.7 Å². The average molecular weight is 191 g/mol. The SMILES string of the molecule is CNc1cc(F)cc(OC(F)F)c1. The lowest BCUT2D eigenvalue weighted by Crippen LogP contribution is -2.02. The van der Waals surface area contributed by atoms with E-state index in [1.807, 2.05) is 0 Å². The molecule has 1 aromatic rings. The van der Waals surface area contributed by atoms with Gasteiger partial charge in [0.2, 0.25) is 0 Å². The van der Waals surface area contributed by atoms with Crippen molar-refractivity contribution >= 4 is 5.69 Å². The molecule has 2 nitrogen and oxygen atoms in total. The molecule has 1 N–H and O–H groups in total. The predicted molar refractivity (Wildman–Crippen MR) is 42.6 cm³/mol. The second-order valence-electron chi connectivity index (χ2n) is 2.30. The van der Waals surface area contributed by atoms with Crippen LogP contribution in [0.4, 0.5) is 18.9 Å². The molecule has 1 aromatic carbocycles. The van der Waals surface area contributed by atoms with Crippen molar-refractivity contribution in [2.75, 3.05) is 12.4 Å². The molecule has 13 heavy (non-hydrogen) atoms. The maximum atomic E-state index is 12.7. The van der Waals surface area contributed by atoms with Crippen LogP contribution >= 0.6 is 0 Å². The minimum atomic E-state index is -2.94. The molecule has 0 aromatic heterocycles. The molecule has 0 amide bonds. The predicted octanol–water partition coefficient (Wildman–Crippen LogP) is 2.47. The van der Waals surface area contributed by atoms with Gasteiger partial charge in [-0.1, -0.05) is 0 Å². The van der Waals surface area contributed by atoms with Gasteiger partial charge in [0.05, 0.1) is 0 Å². The summed E-state index contributed by atoms with van der Waals surface area (Å²) in [6, 6.07) is 3.36. The summed E-state index contributed by atoms with van der Waals surface area (Å²) in [5.74, 6) is -0.818. The molecule has 0 saturated carbocycles. The highest BCUT2D eigenvalue weighted by Gasteiger charge is 2.06. The van der Waals surface area contributed by atoms with E-state index in [4.69, 9.17) is 0 Å². The molecular formula is C8H8F3NO. The van der Waals surface area contributed by atoms with E-state index >= 15 is 0 Å². The molecule has 1 rings (SSSR count). The molecule has 72 valence electrons. The minimum absolute atomic E-state index is 0.195. The zero-order valence-corrected chi connectivity index (χ0v) is 6.85. The van der Waals surface area contributed by atoms with Gasteiger partial charge in [-0.05, 0) is 6.07 Å². The van der Waals surface area contributed by atoms with Crippen LogP contribution in [0.2, 0.25) is 0 Å². The summed E-state index contributed by atoms with van der Waals surface area (Å²) in [4.78, 5) is 0. The second-order valence-corrected chi connectivity index (χ2v) is 2.30. The van der Waals surface area contributed by atoms with Crippen LogP contribution in [0.25, 0.3) is 0 Å². The molecular weight excluding hydrogens is 183 g/mol. The number of halogens is 3. The molecule has 0 saturated heterocycles. The van der Waals surface area contributed by atoms with Gasteiger partial charge in [-0.15, -0.1) is 0 Å².